The number of ether oxygens (including phenoxy) is 1. The molecule has 0 bridgehead atoms. The Balaban J connectivity index is 1.76. The Morgan fingerprint density at radius 1 is 1.22 bits per heavy atom. The number of hydrogen-bond donors (Lipinski definition) is 2. The third kappa shape index (κ3) is 7.95. The molecule has 0 fully saturated rings. The van der Waals surface area contributed by atoms with Gasteiger partial charge in [-0.2, -0.15) is 23.4 Å². The number of rotatable bonds is 9. The van der Waals surface area contributed by atoms with E-state index in [0.717, 1.165) is 4.68 Å². The summed E-state index contributed by atoms with van der Waals surface area (Å²) in [6, 6.07) is 3.33. The fourth-order valence-electron chi connectivity index (χ4n) is 3.24. The van der Waals surface area contributed by atoms with Crippen molar-refractivity contribution < 1.29 is 31.5 Å². The average Bonchev–Trinajstić information content (AvgIpc) is 3.17. The van der Waals surface area contributed by atoms with Crippen molar-refractivity contribution in [2.45, 2.75) is 25.7 Å². The van der Waals surface area contributed by atoms with Crippen molar-refractivity contribution in [2.75, 3.05) is 26.0 Å². The van der Waals surface area contributed by atoms with Crippen LogP contribution in [-0.4, -0.2) is 63.0 Å². The Morgan fingerprint density at radius 3 is 2.59 bits per heavy atom. The predicted molar refractivity (Wildman–Crippen MR) is 123 cm³/mol. The smallest absolute Gasteiger partial charge is 0.435 e. The second-order valence-electron chi connectivity index (χ2n) is 8.04. The molecule has 16 heteroatoms. The Labute approximate surface area is 212 Å². The van der Waals surface area contributed by atoms with Gasteiger partial charge in [0.25, 0.3) is 6.43 Å². The van der Waals surface area contributed by atoms with Gasteiger partial charge in [0.2, 0.25) is 5.88 Å². The number of hydrogen-bond acceptors (Lipinski definition) is 7. The summed E-state index contributed by atoms with van der Waals surface area (Å²) in [6.07, 6.45) is -6.19. The minimum atomic E-state index is -4.69. The van der Waals surface area contributed by atoms with Crippen molar-refractivity contribution >= 4 is 23.3 Å². The summed E-state index contributed by atoms with van der Waals surface area (Å²) in [6.45, 7) is -0.772. The van der Waals surface area contributed by atoms with Gasteiger partial charge in [-0.3, -0.25) is 4.68 Å². The number of carbonyl (C=O) groups excluding carboxylic acids is 1. The fraction of sp³-hybridized carbons (Fsp3) is 0.381. The van der Waals surface area contributed by atoms with E-state index in [-0.39, 0.29) is 46.8 Å². The molecule has 200 valence electrons. The zero-order valence-electron chi connectivity index (χ0n) is 19.8. The molecule has 0 aliphatic carbocycles. The van der Waals surface area contributed by atoms with E-state index in [4.69, 9.17) is 16.3 Å². The molecule has 0 saturated heterocycles. The van der Waals surface area contributed by atoms with E-state index in [2.05, 4.69) is 30.9 Å². The van der Waals surface area contributed by atoms with Crippen LogP contribution in [0.2, 0.25) is 5.15 Å². The van der Waals surface area contributed by atoms with Gasteiger partial charge in [-0.1, -0.05) is 11.6 Å². The minimum Gasteiger partial charge on any atom is -0.471 e. The van der Waals surface area contributed by atoms with Crippen LogP contribution in [0, 0.1) is 0 Å². The first kappa shape index (κ1) is 28.0. The van der Waals surface area contributed by atoms with Crippen LogP contribution in [0.25, 0.3) is 11.3 Å². The van der Waals surface area contributed by atoms with Gasteiger partial charge in [0, 0.05) is 25.9 Å². The number of aryl methyl sites for hydroxylation is 1. The van der Waals surface area contributed by atoms with Crippen LogP contribution >= 0.6 is 11.6 Å². The van der Waals surface area contributed by atoms with Gasteiger partial charge >= 0.3 is 12.2 Å². The predicted octanol–water partition coefficient (Wildman–Crippen LogP) is 3.97. The molecule has 0 aliphatic rings. The van der Waals surface area contributed by atoms with Gasteiger partial charge in [-0.25, -0.2) is 18.6 Å². The Kier molecular flexibility index (Phi) is 8.81. The quantitative estimate of drug-likeness (QED) is 0.307. The zero-order valence-corrected chi connectivity index (χ0v) is 20.5. The maximum Gasteiger partial charge on any atom is 0.435 e. The number of nitrogens with zero attached hydrogens (tertiary/aromatic N) is 6. The van der Waals surface area contributed by atoms with E-state index in [1.807, 2.05) is 0 Å². The van der Waals surface area contributed by atoms with Gasteiger partial charge in [-0.15, -0.1) is 5.10 Å². The summed E-state index contributed by atoms with van der Waals surface area (Å²) in [5.74, 6) is -0.202. The molecule has 0 aliphatic heterocycles. The van der Waals surface area contributed by atoms with Crippen molar-refractivity contribution in [3.8, 4) is 17.1 Å². The fourth-order valence-corrected chi connectivity index (χ4v) is 3.44. The first-order valence-electron chi connectivity index (χ1n) is 10.6. The molecule has 3 aromatic heterocycles. The van der Waals surface area contributed by atoms with Crippen molar-refractivity contribution in [3.63, 3.8) is 0 Å². The van der Waals surface area contributed by atoms with Crippen molar-refractivity contribution in [3.05, 3.63) is 46.5 Å². The third-order valence-electron chi connectivity index (χ3n) is 4.58. The summed E-state index contributed by atoms with van der Waals surface area (Å²) < 4.78 is 71.0. The van der Waals surface area contributed by atoms with E-state index in [1.54, 1.807) is 19.0 Å². The van der Waals surface area contributed by atoms with Gasteiger partial charge in [0.15, 0.2) is 12.3 Å². The van der Waals surface area contributed by atoms with Gasteiger partial charge < -0.3 is 20.3 Å². The van der Waals surface area contributed by atoms with Crippen LogP contribution in [0.5, 0.6) is 5.88 Å². The highest BCUT2D eigenvalue weighted by atomic mass is 35.5. The molecule has 37 heavy (non-hydrogen) atoms. The maximum atomic E-state index is 13.5. The highest BCUT2D eigenvalue weighted by Gasteiger charge is 2.38. The second-order valence-corrected chi connectivity index (χ2v) is 8.42. The van der Waals surface area contributed by atoms with Crippen LogP contribution in [-0.2, 0) is 26.3 Å². The van der Waals surface area contributed by atoms with Crippen LogP contribution in [0.3, 0.4) is 0 Å². The number of nitrogens with one attached hydrogen (secondary N) is 2. The SMILES string of the molecule is CN(C)Cc1cc(CNC(=O)Nc2cc(Cl)nc(OCC(F)F)c2)nnc1-c1cn(C)nc1C(F)(F)F. The number of aromatic nitrogens is 5. The highest BCUT2D eigenvalue weighted by molar-refractivity contribution is 6.29. The van der Waals surface area contributed by atoms with E-state index >= 15 is 0 Å². The third-order valence-corrected chi connectivity index (χ3v) is 4.77. The molecular formula is C21H22ClF5N8O2. The monoisotopic (exact) mass is 548 g/mol. The Bertz CT molecular complexity index is 1250. The number of pyridine rings is 1. The molecule has 0 saturated carbocycles. The van der Waals surface area contributed by atoms with E-state index in [9.17, 15) is 26.7 Å². The molecule has 3 rings (SSSR count). The molecule has 3 aromatic rings. The summed E-state index contributed by atoms with van der Waals surface area (Å²) in [4.78, 5) is 17.8. The van der Waals surface area contributed by atoms with Crippen LogP contribution in [0.1, 0.15) is 17.0 Å². The molecule has 2 amide bonds. The molecule has 10 nitrogen and oxygen atoms in total. The number of urea groups is 1. The lowest BCUT2D eigenvalue weighted by Crippen LogP contribution is -2.29. The summed E-state index contributed by atoms with van der Waals surface area (Å²) >= 11 is 5.84. The van der Waals surface area contributed by atoms with Crippen LogP contribution in [0.4, 0.5) is 32.4 Å². The average molecular weight is 549 g/mol. The lowest BCUT2D eigenvalue weighted by atomic mass is 10.1. The minimum absolute atomic E-state index is 0.0186. The Morgan fingerprint density at radius 2 is 1.95 bits per heavy atom. The number of amides is 2. The highest BCUT2D eigenvalue weighted by Crippen LogP contribution is 2.36. The molecule has 3 heterocycles. The maximum absolute atomic E-state index is 13.5. The van der Waals surface area contributed by atoms with Crippen molar-refractivity contribution in [2.24, 2.45) is 7.05 Å². The lowest BCUT2D eigenvalue weighted by molar-refractivity contribution is -0.141. The van der Waals surface area contributed by atoms with Crippen LogP contribution < -0.4 is 15.4 Å². The largest absolute Gasteiger partial charge is 0.471 e. The van der Waals surface area contributed by atoms with Crippen molar-refractivity contribution in [1.82, 2.24) is 35.2 Å². The lowest BCUT2D eigenvalue weighted by Gasteiger charge is -2.15. The first-order valence-corrected chi connectivity index (χ1v) is 10.9. The number of halogens is 6. The van der Waals surface area contributed by atoms with Gasteiger partial charge in [-0.05, 0) is 31.8 Å². The molecule has 0 atom stereocenters. The first-order chi connectivity index (χ1) is 17.3. The number of carbonyl (C=O) groups is 1. The van der Waals surface area contributed by atoms with Gasteiger partial charge in [0.05, 0.1) is 23.5 Å². The summed E-state index contributed by atoms with van der Waals surface area (Å²) in [5.41, 5.74) is -0.421. The van der Waals surface area contributed by atoms with E-state index < -0.39 is 30.9 Å². The summed E-state index contributed by atoms with van der Waals surface area (Å²) in [5, 5.41) is 16.4. The standard InChI is InChI=1S/C21H22ClF5N8O2/c1-34(2)8-11-4-13(31-32-18(11)14-9-35(3)33-19(14)21(25,26)27)7-28-20(36)29-12-5-15(22)30-17(6-12)37-10-16(23)24/h4-6,9,16H,7-8,10H2,1-3H3,(H2,28,29,30,36). The molecular weight excluding hydrogens is 527 g/mol. The summed E-state index contributed by atoms with van der Waals surface area (Å²) in [7, 11) is 4.85. The molecule has 0 unspecified atom stereocenters. The van der Waals surface area contributed by atoms with Crippen molar-refractivity contribution in [1.29, 1.82) is 0 Å². The van der Waals surface area contributed by atoms with Crippen LogP contribution in [0.15, 0.2) is 24.4 Å². The number of anilines is 1. The zero-order chi connectivity index (χ0) is 27.3. The van der Waals surface area contributed by atoms with E-state index in [1.165, 1.54) is 31.4 Å². The van der Waals surface area contributed by atoms with E-state index in [0.29, 0.717) is 5.56 Å². The molecule has 0 aromatic carbocycles. The molecule has 2 N–H and O–H groups in total. The normalized spacial score (nSPS) is 11.8. The Hall–Kier alpha value is -3.59. The topological polar surface area (TPSA) is 110 Å². The van der Waals surface area contributed by atoms with Gasteiger partial charge in [0.1, 0.15) is 10.8 Å². The molecule has 0 radical (unpaired) electrons. The second kappa shape index (κ2) is 11.6. The number of alkyl halides is 5. The molecule has 0 spiro atoms.